The van der Waals surface area contributed by atoms with Crippen LogP contribution >= 0.6 is 0 Å². The lowest BCUT2D eigenvalue weighted by Crippen LogP contribution is -2.01. The van der Waals surface area contributed by atoms with Crippen molar-refractivity contribution in [3.05, 3.63) is 176 Å². The van der Waals surface area contributed by atoms with Gasteiger partial charge in [-0.3, -0.25) is 0 Å². The molecule has 2 aromatic heterocycles. The molecular weight excluding hydrogens is 623 g/mol. The van der Waals surface area contributed by atoms with Gasteiger partial charge in [-0.25, -0.2) is 15.0 Å². The summed E-state index contributed by atoms with van der Waals surface area (Å²) in [5, 5.41) is 6.60. The summed E-state index contributed by atoms with van der Waals surface area (Å²) < 4.78 is 6.55. The van der Waals surface area contributed by atoms with E-state index in [1.165, 1.54) is 16.3 Å². The first kappa shape index (κ1) is 29.0. The number of hydrogen-bond donors (Lipinski definition) is 0. The molecule has 10 rings (SSSR count). The second kappa shape index (κ2) is 11.9. The molecule has 0 N–H and O–H groups in total. The minimum absolute atomic E-state index is 0.592. The second-order valence-electron chi connectivity index (χ2n) is 12.9. The van der Waals surface area contributed by atoms with Crippen molar-refractivity contribution in [3.63, 3.8) is 0 Å². The van der Waals surface area contributed by atoms with Gasteiger partial charge in [-0.15, -0.1) is 0 Å². The summed E-state index contributed by atoms with van der Waals surface area (Å²) in [4.78, 5) is 15.6. The number of hydrogen-bond acceptors (Lipinski definition) is 4. The van der Waals surface area contributed by atoms with E-state index >= 15 is 0 Å². The number of fused-ring (bicyclic) bond motifs is 5. The zero-order chi connectivity index (χ0) is 33.7. The average Bonchev–Trinajstić information content (AvgIpc) is 3.59. The van der Waals surface area contributed by atoms with E-state index < -0.39 is 0 Å². The van der Waals surface area contributed by atoms with Crippen LogP contribution in [-0.4, -0.2) is 15.0 Å². The molecule has 0 aliphatic carbocycles. The molecule has 0 aliphatic heterocycles. The third-order valence-electron chi connectivity index (χ3n) is 9.67. The number of benzene rings is 8. The van der Waals surface area contributed by atoms with Crippen LogP contribution in [0, 0.1) is 0 Å². The standard InChI is InChI=1S/C47H29N3O/c1-2-11-30(12-3-1)35-17-10-18-36(25-35)39-28-41(44-40-19-8-9-20-42(40)51-43(44)29-39)47-49-45(37-23-21-31-13-4-6-15-33(31)26-37)48-46(50-47)38-24-22-32-14-5-7-16-34(32)27-38/h1-29H. The lowest BCUT2D eigenvalue weighted by Gasteiger charge is -2.12. The molecule has 0 amide bonds. The van der Waals surface area contributed by atoms with Crippen molar-refractivity contribution >= 4 is 43.5 Å². The van der Waals surface area contributed by atoms with E-state index in [1.807, 2.05) is 24.3 Å². The summed E-state index contributed by atoms with van der Waals surface area (Å²) in [5.41, 5.74) is 8.78. The van der Waals surface area contributed by atoms with Crippen molar-refractivity contribution in [1.82, 2.24) is 15.0 Å². The van der Waals surface area contributed by atoms with Crippen molar-refractivity contribution in [2.45, 2.75) is 0 Å². The number of furan rings is 1. The monoisotopic (exact) mass is 651 g/mol. The normalized spacial score (nSPS) is 11.5. The number of para-hydroxylation sites is 1. The molecule has 10 aromatic rings. The van der Waals surface area contributed by atoms with Crippen molar-refractivity contribution < 1.29 is 4.42 Å². The van der Waals surface area contributed by atoms with Gasteiger partial charge in [0.2, 0.25) is 0 Å². The topological polar surface area (TPSA) is 51.8 Å². The summed E-state index contributed by atoms with van der Waals surface area (Å²) in [6.45, 7) is 0. The minimum Gasteiger partial charge on any atom is -0.456 e. The van der Waals surface area contributed by atoms with E-state index in [0.29, 0.717) is 17.5 Å². The van der Waals surface area contributed by atoms with Crippen LogP contribution < -0.4 is 0 Å². The molecule has 4 heteroatoms. The predicted octanol–water partition coefficient (Wildman–Crippen LogP) is 12.4. The van der Waals surface area contributed by atoms with Gasteiger partial charge in [-0.05, 0) is 80.2 Å². The number of nitrogens with zero attached hydrogens (tertiary/aromatic N) is 3. The van der Waals surface area contributed by atoms with E-state index in [0.717, 1.165) is 66.1 Å². The molecule has 0 saturated heterocycles. The Morgan fingerprint density at radius 2 is 0.863 bits per heavy atom. The summed E-state index contributed by atoms with van der Waals surface area (Å²) in [6, 6.07) is 61.1. The van der Waals surface area contributed by atoms with E-state index in [-0.39, 0.29) is 0 Å². The lowest BCUT2D eigenvalue weighted by molar-refractivity contribution is 0.669. The zero-order valence-electron chi connectivity index (χ0n) is 27.5. The van der Waals surface area contributed by atoms with Gasteiger partial charge in [0.05, 0.1) is 0 Å². The van der Waals surface area contributed by atoms with Crippen LogP contribution in [0.25, 0.3) is 99.9 Å². The largest absolute Gasteiger partial charge is 0.456 e. The third-order valence-corrected chi connectivity index (χ3v) is 9.67. The highest BCUT2D eigenvalue weighted by atomic mass is 16.3. The summed E-state index contributed by atoms with van der Waals surface area (Å²) in [6.07, 6.45) is 0. The van der Waals surface area contributed by atoms with Crippen LogP contribution in [0.5, 0.6) is 0 Å². The van der Waals surface area contributed by atoms with Crippen LogP contribution in [0.1, 0.15) is 0 Å². The fourth-order valence-electron chi connectivity index (χ4n) is 7.12. The molecule has 0 aliphatic rings. The molecule has 0 bridgehead atoms. The molecule has 0 fully saturated rings. The van der Waals surface area contributed by atoms with E-state index in [9.17, 15) is 0 Å². The molecule has 8 aromatic carbocycles. The smallest absolute Gasteiger partial charge is 0.164 e. The molecule has 51 heavy (non-hydrogen) atoms. The highest BCUT2D eigenvalue weighted by molar-refractivity contribution is 6.13. The summed E-state index contributed by atoms with van der Waals surface area (Å²) in [5.74, 6) is 1.83. The molecule has 0 saturated carbocycles. The van der Waals surface area contributed by atoms with Crippen LogP contribution in [0.15, 0.2) is 180 Å². The van der Waals surface area contributed by atoms with E-state index in [1.54, 1.807) is 0 Å². The van der Waals surface area contributed by atoms with Gasteiger partial charge >= 0.3 is 0 Å². The maximum Gasteiger partial charge on any atom is 0.164 e. The maximum atomic E-state index is 6.55. The second-order valence-corrected chi connectivity index (χ2v) is 12.9. The highest BCUT2D eigenvalue weighted by Gasteiger charge is 2.20. The van der Waals surface area contributed by atoms with Crippen LogP contribution in [0.3, 0.4) is 0 Å². The molecule has 0 atom stereocenters. The maximum absolute atomic E-state index is 6.55. The Labute approximate surface area is 294 Å². The molecular formula is C47H29N3O. The van der Waals surface area contributed by atoms with Gasteiger partial charge in [-0.1, -0.05) is 140 Å². The van der Waals surface area contributed by atoms with Gasteiger partial charge in [0.1, 0.15) is 11.2 Å². The first-order valence-electron chi connectivity index (χ1n) is 17.1. The molecule has 0 unspecified atom stereocenters. The first-order valence-corrected chi connectivity index (χ1v) is 17.1. The fraction of sp³-hybridized carbons (Fsp3) is 0. The Kier molecular flexibility index (Phi) is 6.78. The minimum atomic E-state index is 0.592. The van der Waals surface area contributed by atoms with Gasteiger partial charge in [-0.2, -0.15) is 0 Å². The third kappa shape index (κ3) is 5.22. The Balaban J connectivity index is 1.24. The van der Waals surface area contributed by atoms with E-state index in [2.05, 4.69) is 152 Å². The van der Waals surface area contributed by atoms with Gasteiger partial charge < -0.3 is 4.42 Å². The molecule has 238 valence electrons. The highest BCUT2D eigenvalue weighted by Crippen LogP contribution is 2.40. The SMILES string of the molecule is c1ccc(-c2cccc(-c3cc(-c4nc(-c5ccc6ccccc6c5)nc(-c5ccc6ccccc6c5)n4)c4c(c3)oc3ccccc34)c2)cc1. The Bertz CT molecular complexity index is 2830. The Morgan fingerprint density at radius 1 is 0.314 bits per heavy atom. The molecule has 0 radical (unpaired) electrons. The van der Waals surface area contributed by atoms with Gasteiger partial charge in [0, 0.05) is 27.5 Å². The Morgan fingerprint density at radius 3 is 1.55 bits per heavy atom. The van der Waals surface area contributed by atoms with Gasteiger partial charge in [0.25, 0.3) is 0 Å². The van der Waals surface area contributed by atoms with Crippen molar-refractivity contribution in [2.75, 3.05) is 0 Å². The number of rotatable bonds is 5. The lowest BCUT2D eigenvalue weighted by atomic mass is 9.95. The fourth-order valence-corrected chi connectivity index (χ4v) is 7.12. The van der Waals surface area contributed by atoms with E-state index in [4.69, 9.17) is 19.4 Å². The molecule has 2 heterocycles. The van der Waals surface area contributed by atoms with Crippen LogP contribution in [-0.2, 0) is 0 Å². The summed E-state index contributed by atoms with van der Waals surface area (Å²) in [7, 11) is 0. The quantitative estimate of drug-likeness (QED) is 0.186. The Hall–Kier alpha value is -6.91. The zero-order valence-corrected chi connectivity index (χ0v) is 27.5. The average molecular weight is 652 g/mol. The predicted molar refractivity (Wildman–Crippen MR) is 209 cm³/mol. The van der Waals surface area contributed by atoms with Crippen molar-refractivity contribution in [2.24, 2.45) is 0 Å². The van der Waals surface area contributed by atoms with Crippen molar-refractivity contribution in [1.29, 1.82) is 0 Å². The molecule has 0 spiro atoms. The van der Waals surface area contributed by atoms with Crippen LogP contribution in [0.2, 0.25) is 0 Å². The molecule has 4 nitrogen and oxygen atoms in total. The first-order chi connectivity index (χ1) is 25.2. The van der Waals surface area contributed by atoms with Crippen LogP contribution in [0.4, 0.5) is 0 Å². The summed E-state index contributed by atoms with van der Waals surface area (Å²) >= 11 is 0. The number of aromatic nitrogens is 3. The van der Waals surface area contributed by atoms with Gasteiger partial charge in [0.15, 0.2) is 17.5 Å². The van der Waals surface area contributed by atoms with Crippen molar-refractivity contribution in [3.8, 4) is 56.4 Å².